The highest BCUT2D eigenvalue weighted by molar-refractivity contribution is 5.94. The lowest BCUT2D eigenvalue weighted by atomic mass is 10.2. The SMILES string of the molecule is O=C(c1nc2ccccn2c1CN1CCN(CC2CC2)CC1)N1CCOCC1. The van der Waals surface area contributed by atoms with Crippen molar-refractivity contribution in [1.29, 1.82) is 0 Å². The van der Waals surface area contributed by atoms with Gasteiger partial charge in [-0.3, -0.25) is 9.69 Å². The summed E-state index contributed by atoms with van der Waals surface area (Å²) >= 11 is 0. The molecule has 0 spiro atoms. The monoisotopic (exact) mass is 383 g/mol. The van der Waals surface area contributed by atoms with Gasteiger partial charge in [0, 0.05) is 58.6 Å². The number of amides is 1. The van der Waals surface area contributed by atoms with Crippen molar-refractivity contribution < 1.29 is 9.53 Å². The highest BCUT2D eigenvalue weighted by Gasteiger charge is 2.29. The normalized spacial score (nSPS) is 22.1. The fraction of sp³-hybridized carbons (Fsp3) is 0.619. The number of hydrogen-bond donors (Lipinski definition) is 0. The summed E-state index contributed by atoms with van der Waals surface area (Å²) in [4.78, 5) is 24.8. The van der Waals surface area contributed by atoms with Crippen molar-refractivity contribution in [3.05, 3.63) is 35.8 Å². The second-order valence-electron chi connectivity index (χ2n) is 8.26. The molecule has 0 bridgehead atoms. The molecular weight excluding hydrogens is 354 g/mol. The Balaban J connectivity index is 1.34. The number of fused-ring (bicyclic) bond motifs is 1. The van der Waals surface area contributed by atoms with Gasteiger partial charge < -0.3 is 18.9 Å². The highest BCUT2D eigenvalue weighted by atomic mass is 16.5. The summed E-state index contributed by atoms with van der Waals surface area (Å²) in [6, 6.07) is 5.97. The van der Waals surface area contributed by atoms with Gasteiger partial charge in [-0.05, 0) is 30.9 Å². The predicted molar refractivity (Wildman–Crippen MR) is 106 cm³/mol. The van der Waals surface area contributed by atoms with E-state index < -0.39 is 0 Å². The van der Waals surface area contributed by atoms with E-state index in [1.807, 2.05) is 29.3 Å². The van der Waals surface area contributed by atoms with Crippen LogP contribution < -0.4 is 0 Å². The Morgan fingerprint density at radius 3 is 2.54 bits per heavy atom. The van der Waals surface area contributed by atoms with Crippen LogP contribution >= 0.6 is 0 Å². The zero-order chi connectivity index (χ0) is 18.9. The fourth-order valence-electron chi connectivity index (χ4n) is 4.29. The zero-order valence-corrected chi connectivity index (χ0v) is 16.4. The van der Waals surface area contributed by atoms with Gasteiger partial charge in [0.1, 0.15) is 5.65 Å². The number of morpholine rings is 1. The van der Waals surface area contributed by atoms with Crippen molar-refractivity contribution in [2.45, 2.75) is 19.4 Å². The molecule has 4 heterocycles. The van der Waals surface area contributed by atoms with E-state index in [1.165, 1.54) is 19.4 Å². The lowest BCUT2D eigenvalue weighted by molar-refractivity contribution is 0.0297. The number of piperazine rings is 1. The lowest BCUT2D eigenvalue weighted by Gasteiger charge is -2.34. The molecule has 2 aliphatic heterocycles. The Hall–Kier alpha value is -1.96. The van der Waals surface area contributed by atoms with E-state index in [0.29, 0.717) is 32.0 Å². The average molecular weight is 383 g/mol. The van der Waals surface area contributed by atoms with Crippen molar-refractivity contribution in [3.8, 4) is 0 Å². The van der Waals surface area contributed by atoms with Gasteiger partial charge in [-0.25, -0.2) is 4.98 Å². The van der Waals surface area contributed by atoms with Crippen LogP contribution in [0.3, 0.4) is 0 Å². The quantitative estimate of drug-likeness (QED) is 0.780. The number of carbonyl (C=O) groups is 1. The molecule has 1 saturated carbocycles. The number of imidazole rings is 1. The van der Waals surface area contributed by atoms with Gasteiger partial charge in [0.05, 0.1) is 18.9 Å². The molecule has 7 heteroatoms. The third kappa shape index (κ3) is 3.79. The summed E-state index contributed by atoms with van der Waals surface area (Å²) in [5.41, 5.74) is 2.47. The van der Waals surface area contributed by atoms with E-state index in [0.717, 1.165) is 50.0 Å². The van der Waals surface area contributed by atoms with E-state index >= 15 is 0 Å². The molecule has 1 aliphatic carbocycles. The van der Waals surface area contributed by atoms with Crippen molar-refractivity contribution >= 4 is 11.6 Å². The van der Waals surface area contributed by atoms with Crippen LogP contribution in [0.5, 0.6) is 0 Å². The second kappa shape index (κ2) is 7.81. The molecule has 7 nitrogen and oxygen atoms in total. The van der Waals surface area contributed by atoms with Crippen molar-refractivity contribution in [1.82, 2.24) is 24.1 Å². The number of ether oxygens (including phenoxy) is 1. The largest absolute Gasteiger partial charge is 0.378 e. The summed E-state index contributed by atoms with van der Waals surface area (Å²) in [7, 11) is 0. The minimum absolute atomic E-state index is 0.0365. The van der Waals surface area contributed by atoms with Gasteiger partial charge in [0.15, 0.2) is 5.69 Å². The molecule has 150 valence electrons. The molecule has 0 aromatic carbocycles. The number of rotatable bonds is 5. The molecule has 2 aromatic heterocycles. The van der Waals surface area contributed by atoms with E-state index in [2.05, 4.69) is 14.2 Å². The van der Waals surface area contributed by atoms with E-state index in [1.54, 1.807) is 0 Å². The maximum Gasteiger partial charge on any atom is 0.274 e. The number of hydrogen-bond acceptors (Lipinski definition) is 5. The van der Waals surface area contributed by atoms with Gasteiger partial charge in [-0.15, -0.1) is 0 Å². The second-order valence-corrected chi connectivity index (χ2v) is 8.26. The third-order valence-corrected chi connectivity index (χ3v) is 6.18. The predicted octanol–water partition coefficient (Wildman–Crippen LogP) is 1.33. The van der Waals surface area contributed by atoms with Crippen molar-refractivity contribution in [2.24, 2.45) is 5.92 Å². The lowest BCUT2D eigenvalue weighted by Crippen LogP contribution is -2.47. The molecule has 5 rings (SSSR count). The van der Waals surface area contributed by atoms with Crippen LogP contribution in [-0.4, -0.2) is 89.0 Å². The minimum atomic E-state index is 0.0365. The van der Waals surface area contributed by atoms with E-state index in [4.69, 9.17) is 9.72 Å². The number of pyridine rings is 1. The van der Waals surface area contributed by atoms with Crippen molar-refractivity contribution in [2.75, 3.05) is 59.0 Å². The molecule has 28 heavy (non-hydrogen) atoms. The minimum Gasteiger partial charge on any atom is -0.378 e. The molecule has 1 amide bonds. The number of nitrogens with zero attached hydrogens (tertiary/aromatic N) is 5. The summed E-state index contributed by atoms with van der Waals surface area (Å²) in [5, 5.41) is 0. The van der Waals surface area contributed by atoms with Gasteiger partial charge in [0.2, 0.25) is 0 Å². The first-order chi connectivity index (χ1) is 13.8. The first-order valence-corrected chi connectivity index (χ1v) is 10.6. The topological polar surface area (TPSA) is 53.3 Å². The number of aromatic nitrogens is 2. The summed E-state index contributed by atoms with van der Waals surface area (Å²) in [6.07, 6.45) is 4.85. The molecule has 0 unspecified atom stereocenters. The molecule has 0 N–H and O–H groups in total. The van der Waals surface area contributed by atoms with E-state index in [-0.39, 0.29) is 5.91 Å². The van der Waals surface area contributed by atoms with Crippen LogP contribution in [0.25, 0.3) is 5.65 Å². The number of carbonyl (C=O) groups excluding carboxylic acids is 1. The standard InChI is InChI=1S/C21H29N5O2/c27-21(25-11-13-28-14-12-25)20-18(26-6-2-1-3-19(26)22-20)16-24-9-7-23(8-10-24)15-17-4-5-17/h1-3,6,17H,4-5,7-16H2. The van der Waals surface area contributed by atoms with Crippen molar-refractivity contribution in [3.63, 3.8) is 0 Å². The van der Waals surface area contributed by atoms with Crippen LogP contribution in [0, 0.1) is 5.92 Å². The Kier molecular flexibility index (Phi) is 5.05. The Morgan fingerprint density at radius 2 is 1.79 bits per heavy atom. The Morgan fingerprint density at radius 1 is 1.04 bits per heavy atom. The van der Waals surface area contributed by atoms with Gasteiger partial charge in [-0.1, -0.05) is 6.07 Å². The fourth-order valence-corrected chi connectivity index (χ4v) is 4.29. The zero-order valence-electron chi connectivity index (χ0n) is 16.4. The molecule has 0 atom stereocenters. The molecule has 0 radical (unpaired) electrons. The molecule has 2 aromatic rings. The summed E-state index contributed by atoms with van der Waals surface area (Å²) in [5.74, 6) is 0.984. The van der Waals surface area contributed by atoms with E-state index in [9.17, 15) is 4.79 Å². The Bertz CT molecular complexity index is 832. The van der Waals surface area contributed by atoms with Crippen LogP contribution in [0.15, 0.2) is 24.4 Å². The maximum absolute atomic E-state index is 13.2. The molecule has 3 aliphatic rings. The maximum atomic E-state index is 13.2. The van der Waals surface area contributed by atoms with Crippen LogP contribution in [0.1, 0.15) is 29.0 Å². The third-order valence-electron chi connectivity index (χ3n) is 6.18. The van der Waals surface area contributed by atoms with Gasteiger partial charge >= 0.3 is 0 Å². The van der Waals surface area contributed by atoms with Crippen LogP contribution in [0.2, 0.25) is 0 Å². The molecule has 3 fully saturated rings. The first kappa shape index (κ1) is 18.1. The van der Waals surface area contributed by atoms with Crippen LogP contribution in [0.4, 0.5) is 0 Å². The average Bonchev–Trinajstić information content (AvgIpc) is 3.49. The molecule has 2 saturated heterocycles. The van der Waals surface area contributed by atoms with Gasteiger partial charge in [-0.2, -0.15) is 0 Å². The first-order valence-electron chi connectivity index (χ1n) is 10.6. The summed E-state index contributed by atoms with van der Waals surface area (Å²) in [6.45, 7) is 8.90. The molecular formula is C21H29N5O2. The summed E-state index contributed by atoms with van der Waals surface area (Å²) < 4.78 is 7.49. The smallest absolute Gasteiger partial charge is 0.274 e. The van der Waals surface area contributed by atoms with Gasteiger partial charge in [0.25, 0.3) is 5.91 Å². The van der Waals surface area contributed by atoms with Crippen LogP contribution in [-0.2, 0) is 11.3 Å². The highest BCUT2D eigenvalue weighted by Crippen LogP contribution is 2.30. The Labute approximate surface area is 165 Å².